The van der Waals surface area contributed by atoms with Crippen LogP contribution >= 0.6 is 0 Å². The molecule has 0 aliphatic heterocycles. The number of carboxylic acids is 1. The first-order valence-electron chi connectivity index (χ1n) is 6.59. The van der Waals surface area contributed by atoms with Gasteiger partial charge in [-0.1, -0.05) is 31.9 Å². The number of carboxylic acid groups (broad SMARTS) is 1. The number of aliphatic carboxylic acids is 1. The molecule has 0 saturated heterocycles. The van der Waals surface area contributed by atoms with Gasteiger partial charge in [-0.25, -0.2) is 9.78 Å². The van der Waals surface area contributed by atoms with Gasteiger partial charge in [-0.2, -0.15) is 0 Å². The number of nitrogens with one attached hydrogen (secondary N) is 1. The van der Waals surface area contributed by atoms with Crippen LogP contribution in [0.5, 0.6) is 0 Å². The van der Waals surface area contributed by atoms with Gasteiger partial charge in [0.1, 0.15) is 5.82 Å². The van der Waals surface area contributed by atoms with Crippen molar-refractivity contribution in [3.63, 3.8) is 0 Å². The van der Waals surface area contributed by atoms with Gasteiger partial charge >= 0.3 is 5.97 Å². The minimum absolute atomic E-state index is 0.410. The molecule has 1 aromatic carbocycles. The Bertz CT molecular complexity index is 566. The van der Waals surface area contributed by atoms with Crippen LogP contribution in [0.4, 0.5) is 0 Å². The second-order valence-corrected chi connectivity index (χ2v) is 4.57. The normalized spacial score (nSPS) is 11.9. The molecule has 0 saturated carbocycles. The summed E-state index contributed by atoms with van der Waals surface area (Å²) in [6, 6.07) is 7.67. The molecule has 0 radical (unpaired) electrons. The summed E-state index contributed by atoms with van der Waals surface area (Å²) in [6.45, 7) is 2.10. The molecule has 1 heterocycles. The van der Waals surface area contributed by atoms with E-state index >= 15 is 0 Å². The summed E-state index contributed by atoms with van der Waals surface area (Å²) in [5, 5.41) is 9.20. The highest BCUT2D eigenvalue weighted by Gasteiger charge is 2.08. The highest BCUT2D eigenvalue weighted by Crippen LogP contribution is 2.16. The molecule has 0 amide bonds. The maximum absolute atomic E-state index is 11.2. The molecule has 0 aliphatic carbocycles. The number of hydrogen-bond acceptors (Lipinski definition) is 2. The van der Waals surface area contributed by atoms with Gasteiger partial charge in [0.25, 0.3) is 0 Å². The van der Waals surface area contributed by atoms with Crippen molar-refractivity contribution in [2.24, 2.45) is 0 Å². The molecular formula is C15H18N2O2. The minimum Gasteiger partial charge on any atom is -0.478 e. The molecule has 2 N–H and O–H groups in total. The Kier molecular flexibility index (Phi) is 4.34. The third kappa shape index (κ3) is 3.44. The molecule has 1 aromatic heterocycles. The van der Waals surface area contributed by atoms with Crippen LogP contribution in [0.25, 0.3) is 17.1 Å². The number of aromatic nitrogens is 2. The van der Waals surface area contributed by atoms with Crippen molar-refractivity contribution >= 4 is 23.1 Å². The maximum Gasteiger partial charge on any atom is 0.331 e. The Morgan fingerprint density at radius 1 is 1.37 bits per heavy atom. The third-order valence-electron chi connectivity index (χ3n) is 3.04. The fourth-order valence-electron chi connectivity index (χ4n) is 2.01. The van der Waals surface area contributed by atoms with Crippen LogP contribution in [0.3, 0.4) is 0 Å². The Hall–Kier alpha value is -2.10. The predicted octanol–water partition coefficient (Wildman–Crippen LogP) is 3.61. The van der Waals surface area contributed by atoms with Gasteiger partial charge in [-0.15, -0.1) is 0 Å². The topological polar surface area (TPSA) is 66.0 Å². The average Bonchev–Trinajstić information content (AvgIpc) is 2.80. The number of rotatable bonds is 6. The zero-order valence-electron chi connectivity index (χ0n) is 11.0. The van der Waals surface area contributed by atoms with Gasteiger partial charge in [-0.05, 0) is 31.1 Å². The third-order valence-corrected chi connectivity index (χ3v) is 3.04. The largest absolute Gasteiger partial charge is 0.478 e. The van der Waals surface area contributed by atoms with E-state index in [0.717, 1.165) is 30.3 Å². The van der Waals surface area contributed by atoms with E-state index in [1.54, 1.807) is 6.08 Å². The minimum atomic E-state index is -0.864. The quantitative estimate of drug-likeness (QED) is 0.614. The van der Waals surface area contributed by atoms with Crippen LogP contribution in [0.2, 0.25) is 0 Å². The number of nitrogens with zero attached hydrogens (tertiary/aromatic N) is 1. The van der Waals surface area contributed by atoms with E-state index in [9.17, 15) is 9.90 Å². The molecule has 100 valence electrons. The molecule has 0 unspecified atom stereocenters. The van der Waals surface area contributed by atoms with E-state index in [0.29, 0.717) is 17.8 Å². The molecular weight excluding hydrogens is 240 g/mol. The van der Waals surface area contributed by atoms with Gasteiger partial charge < -0.3 is 10.1 Å². The van der Waals surface area contributed by atoms with Gasteiger partial charge in [0, 0.05) is 5.57 Å². The van der Waals surface area contributed by atoms with Crippen molar-refractivity contribution in [3.8, 4) is 0 Å². The summed E-state index contributed by atoms with van der Waals surface area (Å²) in [6.07, 6.45) is 5.25. The Labute approximate surface area is 112 Å². The van der Waals surface area contributed by atoms with Crippen molar-refractivity contribution in [1.29, 1.82) is 0 Å². The summed E-state index contributed by atoms with van der Waals surface area (Å²) in [5.41, 5.74) is 2.19. The van der Waals surface area contributed by atoms with E-state index in [1.165, 1.54) is 0 Å². The molecule has 19 heavy (non-hydrogen) atoms. The lowest BCUT2D eigenvalue weighted by molar-refractivity contribution is -0.132. The van der Waals surface area contributed by atoms with Crippen LogP contribution in [0.1, 0.15) is 38.4 Å². The lowest BCUT2D eigenvalue weighted by Gasteiger charge is -2.00. The first-order chi connectivity index (χ1) is 9.20. The second-order valence-electron chi connectivity index (χ2n) is 4.57. The molecule has 2 aromatic rings. The van der Waals surface area contributed by atoms with Crippen molar-refractivity contribution in [2.45, 2.75) is 32.6 Å². The highest BCUT2D eigenvalue weighted by molar-refractivity contribution is 5.92. The standard InChI is InChI=1S/C15H18N2O2/c1-2-3-4-7-11(15(18)19)10-14-16-12-8-5-6-9-13(12)17-14/h5-6,8-10H,2-4,7H2,1H3,(H,16,17)(H,18,19)/b11-10-. The molecule has 2 rings (SSSR count). The maximum atomic E-state index is 11.2. The van der Waals surface area contributed by atoms with Gasteiger partial charge in [-0.3, -0.25) is 0 Å². The second kappa shape index (κ2) is 6.18. The number of H-pyrrole nitrogens is 1. The van der Waals surface area contributed by atoms with E-state index in [1.807, 2.05) is 24.3 Å². The summed E-state index contributed by atoms with van der Waals surface area (Å²) in [7, 11) is 0. The van der Waals surface area contributed by atoms with E-state index in [4.69, 9.17) is 0 Å². The highest BCUT2D eigenvalue weighted by atomic mass is 16.4. The average molecular weight is 258 g/mol. The zero-order chi connectivity index (χ0) is 13.7. The predicted molar refractivity (Wildman–Crippen MR) is 75.8 cm³/mol. The number of imidazole rings is 1. The van der Waals surface area contributed by atoms with E-state index < -0.39 is 5.97 Å². The molecule has 4 nitrogen and oxygen atoms in total. The van der Waals surface area contributed by atoms with Crippen LogP contribution in [0, 0.1) is 0 Å². The number of carbonyl (C=O) groups is 1. The monoisotopic (exact) mass is 258 g/mol. The SMILES string of the molecule is CCCCC/C(=C/c1nc2ccccc2[nH]1)C(=O)O. The van der Waals surface area contributed by atoms with Crippen LogP contribution in [0.15, 0.2) is 29.8 Å². The number of para-hydroxylation sites is 2. The van der Waals surface area contributed by atoms with E-state index in [-0.39, 0.29) is 0 Å². The number of benzene rings is 1. The molecule has 0 aliphatic rings. The zero-order valence-corrected chi connectivity index (χ0v) is 11.0. The summed E-state index contributed by atoms with van der Waals surface area (Å²) < 4.78 is 0. The molecule has 0 spiro atoms. The lowest BCUT2D eigenvalue weighted by atomic mass is 10.1. The summed E-state index contributed by atoms with van der Waals surface area (Å²) in [4.78, 5) is 18.7. The van der Waals surface area contributed by atoms with Gasteiger partial charge in [0.15, 0.2) is 0 Å². The summed E-state index contributed by atoms with van der Waals surface area (Å²) in [5.74, 6) is -0.258. The summed E-state index contributed by atoms with van der Waals surface area (Å²) >= 11 is 0. The van der Waals surface area contributed by atoms with Gasteiger partial charge in [0.05, 0.1) is 11.0 Å². The van der Waals surface area contributed by atoms with Crippen LogP contribution in [-0.4, -0.2) is 21.0 Å². The number of unbranched alkanes of at least 4 members (excludes halogenated alkanes) is 2. The fraction of sp³-hybridized carbons (Fsp3) is 0.333. The van der Waals surface area contributed by atoms with Crippen molar-refractivity contribution in [1.82, 2.24) is 9.97 Å². The number of fused-ring (bicyclic) bond motifs is 1. The van der Waals surface area contributed by atoms with Crippen molar-refractivity contribution in [2.75, 3.05) is 0 Å². The Morgan fingerprint density at radius 2 is 2.16 bits per heavy atom. The molecule has 4 heteroatoms. The molecule has 0 fully saturated rings. The van der Waals surface area contributed by atoms with Gasteiger partial charge in [0.2, 0.25) is 0 Å². The Balaban J connectivity index is 2.22. The lowest BCUT2D eigenvalue weighted by Crippen LogP contribution is -2.00. The molecule has 0 atom stereocenters. The van der Waals surface area contributed by atoms with Crippen molar-refractivity contribution < 1.29 is 9.90 Å². The smallest absolute Gasteiger partial charge is 0.331 e. The van der Waals surface area contributed by atoms with Crippen LogP contribution in [-0.2, 0) is 4.79 Å². The number of aromatic amines is 1. The Morgan fingerprint density at radius 3 is 2.84 bits per heavy atom. The first kappa shape index (κ1) is 13.3. The first-order valence-corrected chi connectivity index (χ1v) is 6.59. The number of hydrogen-bond donors (Lipinski definition) is 2. The van der Waals surface area contributed by atoms with Crippen molar-refractivity contribution in [3.05, 3.63) is 35.7 Å². The molecule has 0 bridgehead atoms. The van der Waals surface area contributed by atoms with E-state index in [2.05, 4.69) is 16.9 Å². The fourth-order valence-corrected chi connectivity index (χ4v) is 2.01. The van der Waals surface area contributed by atoms with Crippen LogP contribution < -0.4 is 0 Å².